The number of nitrogens with zero attached hydrogens (tertiary/aromatic N) is 3. The van der Waals surface area contributed by atoms with Crippen LogP contribution in [0.1, 0.15) is 12.8 Å². The third kappa shape index (κ3) is 5.48. The second kappa shape index (κ2) is 7.27. The van der Waals surface area contributed by atoms with Gasteiger partial charge < -0.3 is 10.8 Å². The van der Waals surface area contributed by atoms with E-state index in [2.05, 4.69) is 5.10 Å². The van der Waals surface area contributed by atoms with Gasteiger partial charge in [-0.1, -0.05) is 0 Å². The molecule has 23 heavy (non-hydrogen) atoms. The second-order valence-electron chi connectivity index (χ2n) is 4.89. The molecule has 1 aliphatic heterocycles. The summed E-state index contributed by atoms with van der Waals surface area (Å²) in [6, 6.07) is 0.125. The first-order valence-electron chi connectivity index (χ1n) is 6.49. The summed E-state index contributed by atoms with van der Waals surface area (Å²) in [6.45, 7) is 0.997. The third-order valence-electron chi connectivity index (χ3n) is 3.06. The summed E-state index contributed by atoms with van der Waals surface area (Å²) in [7, 11) is -1.67. The van der Waals surface area contributed by atoms with Gasteiger partial charge in [-0.25, -0.2) is 13.2 Å². The van der Waals surface area contributed by atoms with Crippen molar-refractivity contribution in [3.05, 3.63) is 12.4 Å². The number of carboxylic acids is 1. The zero-order valence-electron chi connectivity index (χ0n) is 12.2. The molecule has 0 saturated carbocycles. The molecule has 1 aromatic rings. The molecule has 12 heteroatoms. The van der Waals surface area contributed by atoms with Gasteiger partial charge in [-0.15, -0.1) is 0 Å². The molecular formula is C11H17F3N4O4S. The summed E-state index contributed by atoms with van der Waals surface area (Å²) in [5.41, 5.74) is 5.75. The van der Waals surface area contributed by atoms with Crippen molar-refractivity contribution in [2.75, 3.05) is 13.1 Å². The largest absolute Gasteiger partial charge is 0.490 e. The van der Waals surface area contributed by atoms with E-state index in [1.807, 2.05) is 0 Å². The Morgan fingerprint density at radius 3 is 2.22 bits per heavy atom. The number of piperidine rings is 1. The molecule has 1 saturated heterocycles. The Kier molecular flexibility index (Phi) is 6.13. The molecule has 0 atom stereocenters. The highest BCUT2D eigenvalue weighted by molar-refractivity contribution is 7.89. The molecule has 1 aromatic heterocycles. The monoisotopic (exact) mass is 358 g/mol. The number of carbonyl (C=O) groups is 1. The summed E-state index contributed by atoms with van der Waals surface area (Å²) in [5.74, 6) is -2.76. The zero-order chi connectivity index (χ0) is 17.8. The lowest BCUT2D eigenvalue weighted by atomic mass is 10.1. The molecule has 0 unspecified atom stereocenters. The molecule has 0 aliphatic carbocycles. The Labute approximate surface area is 130 Å². The van der Waals surface area contributed by atoms with Crippen molar-refractivity contribution in [3.8, 4) is 0 Å². The Hall–Kier alpha value is -1.66. The van der Waals surface area contributed by atoms with Crippen molar-refractivity contribution in [3.63, 3.8) is 0 Å². The highest BCUT2D eigenvalue weighted by Crippen LogP contribution is 2.19. The van der Waals surface area contributed by atoms with Crippen LogP contribution in [0.4, 0.5) is 13.2 Å². The first-order chi connectivity index (χ1) is 10.4. The summed E-state index contributed by atoms with van der Waals surface area (Å²) in [6.07, 6.45) is -0.743. The predicted molar refractivity (Wildman–Crippen MR) is 72.9 cm³/mol. The molecule has 132 valence electrons. The maximum atomic E-state index is 12.1. The fraction of sp³-hybridized carbons (Fsp3) is 0.636. The minimum absolute atomic E-state index is 0.125. The van der Waals surface area contributed by atoms with Crippen LogP contribution in [0.5, 0.6) is 0 Å². The third-order valence-corrected chi connectivity index (χ3v) is 4.91. The van der Waals surface area contributed by atoms with Crippen LogP contribution in [-0.2, 0) is 21.9 Å². The van der Waals surface area contributed by atoms with Crippen LogP contribution in [0, 0.1) is 0 Å². The Balaban J connectivity index is 0.000000322. The zero-order valence-corrected chi connectivity index (χ0v) is 13.0. The molecule has 2 heterocycles. The topological polar surface area (TPSA) is 119 Å². The number of hydrogen-bond acceptors (Lipinski definition) is 5. The number of rotatable bonds is 2. The number of carboxylic acid groups (broad SMARTS) is 1. The van der Waals surface area contributed by atoms with Gasteiger partial charge in [0.25, 0.3) is 0 Å². The van der Waals surface area contributed by atoms with Crippen LogP contribution in [0.2, 0.25) is 0 Å². The van der Waals surface area contributed by atoms with E-state index in [0.29, 0.717) is 13.1 Å². The van der Waals surface area contributed by atoms with Crippen LogP contribution in [-0.4, -0.2) is 58.9 Å². The molecule has 2 rings (SSSR count). The minimum Gasteiger partial charge on any atom is -0.475 e. The number of aromatic nitrogens is 2. The van der Waals surface area contributed by atoms with Gasteiger partial charge in [-0.2, -0.15) is 22.6 Å². The van der Waals surface area contributed by atoms with E-state index in [4.69, 9.17) is 15.6 Å². The Bertz CT molecular complexity index is 636. The molecular weight excluding hydrogens is 341 g/mol. The molecule has 8 nitrogen and oxygen atoms in total. The van der Waals surface area contributed by atoms with Gasteiger partial charge >= 0.3 is 12.1 Å². The van der Waals surface area contributed by atoms with Crippen molar-refractivity contribution in [1.29, 1.82) is 0 Å². The number of alkyl halides is 3. The predicted octanol–water partition coefficient (Wildman–Crippen LogP) is 0.165. The van der Waals surface area contributed by atoms with E-state index in [1.54, 1.807) is 7.05 Å². The smallest absolute Gasteiger partial charge is 0.475 e. The number of halogens is 3. The number of aryl methyl sites for hydroxylation is 1. The molecule has 1 aliphatic rings. The molecule has 0 aromatic carbocycles. The minimum atomic E-state index is -5.08. The first-order valence-corrected chi connectivity index (χ1v) is 7.93. The van der Waals surface area contributed by atoms with Crippen LogP contribution in [0.3, 0.4) is 0 Å². The van der Waals surface area contributed by atoms with Gasteiger partial charge in [0.05, 0.1) is 6.20 Å². The van der Waals surface area contributed by atoms with E-state index in [1.165, 1.54) is 21.4 Å². The van der Waals surface area contributed by atoms with Crippen molar-refractivity contribution in [1.82, 2.24) is 14.1 Å². The second-order valence-corrected chi connectivity index (χ2v) is 6.83. The number of nitrogens with two attached hydrogens (primary N) is 1. The highest BCUT2D eigenvalue weighted by atomic mass is 32.2. The average molecular weight is 358 g/mol. The van der Waals surface area contributed by atoms with Crippen LogP contribution in [0.15, 0.2) is 17.3 Å². The molecule has 3 N–H and O–H groups in total. The standard InChI is InChI=1S/C9H16N4O2S.C2HF3O2/c1-12-7-9(6-11-12)16(14,15)13-4-2-8(10)3-5-13;3-2(4,5)1(6)7/h6-8H,2-5,10H2,1H3;(H,6,7). The Morgan fingerprint density at radius 2 is 1.87 bits per heavy atom. The van der Waals surface area contributed by atoms with Crippen LogP contribution in [0.25, 0.3) is 0 Å². The van der Waals surface area contributed by atoms with Crippen molar-refractivity contribution < 1.29 is 31.5 Å². The highest BCUT2D eigenvalue weighted by Gasteiger charge is 2.38. The van der Waals surface area contributed by atoms with E-state index in [0.717, 1.165) is 12.8 Å². The number of sulfonamides is 1. The maximum absolute atomic E-state index is 12.1. The molecule has 0 amide bonds. The summed E-state index contributed by atoms with van der Waals surface area (Å²) in [4.78, 5) is 9.15. The van der Waals surface area contributed by atoms with Crippen LogP contribution < -0.4 is 5.73 Å². The van der Waals surface area contributed by atoms with Crippen molar-refractivity contribution in [2.45, 2.75) is 30.0 Å². The summed E-state index contributed by atoms with van der Waals surface area (Å²) < 4.78 is 59.0. The molecule has 0 bridgehead atoms. The van der Waals surface area contributed by atoms with E-state index >= 15 is 0 Å². The summed E-state index contributed by atoms with van der Waals surface area (Å²) in [5, 5.41) is 11.0. The van der Waals surface area contributed by atoms with Crippen molar-refractivity contribution >= 4 is 16.0 Å². The van der Waals surface area contributed by atoms with E-state index in [-0.39, 0.29) is 10.9 Å². The van der Waals surface area contributed by atoms with Gasteiger partial charge in [0, 0.05) is 32.4 Å². The van der Waals surface area contributed by atoms with Gasteiger partial charge in [0.2, 0.25) is 10.0 Å². The van der Waals surface area contributed by atoms with Crippen molar-refractivity contribution in [2.24, 2.45) is 12.8 Å². The molecule has 1 fully saturated rings. The number of hydrogen-bond donors (Lipinski definition) is 2. The fourth-order valence-electron chi connectivity index (χ4n) is 1.80. The van der Waals surface area contributed by atoms with Gasteiger partial charge in [-0.3, -0.25) is 4.68 Å². The summed E-state index contributed by atoms with van der Waals surface area (Å²) >= 11 is 0. The lowest BCUT2D eigenvalue weighted by Crippen LogP contribution is -2.42. The van der Waals surface area contributed by atoms with Crippen LogP contribution >= 0.6 is 0 Å². The van der Waals surface area contributed by atoms with E-state index in [9.17, 15) is 21.6 Å². The fourth-order valence-corrected chi connectivity index (χ4v) is 3.25. The Morgan fingerprint density at radius 1 is 1.39 bits per heavy atom. The van der Waals surface area contributed by atoms with Gasteiger partial charge in [0.1, 0.15) is 4.90 Å². The van der Waals surface area contributed by atoms with Gasteiger partial charge in [0.15, 0.2) is 0 Å². The molecule has 0 spiro atoms. The quantitative estimate of drug-likeness (QED) is 0.778. The normalized spacial score (nSPS) is 17.4. The van der Waals surface area contributed by atoms with E-state index < -0.39 is 22.2 Å². The lowest BCUT2D eigenvalue weighted by Gasteiger charge is -2.28. The average Bonchev–Trinajstić information content (AvgIpc) is 2.86. The lowest BCUT2D eigenvalue weighted by molar-refractivity contribution is -0.192. The number of aliphatic carboxylic acids is 1. The maximum Gasteiger partial charge on any atom is 0.490 e. The van der Waals surface area contributed by atoms with Gasteiger partial charge in [-0.05, 0) is 12.8 Å². The molecule has 0 radical (unpaired) electrons. The SMILES string of the molecule is Cn1cc(S(=O)(=O)N2CCC(N)CC2)cn1.O=C(O)C(F)(F)F. The first kappa shape index (κ1) is 19.4.